The largest absolute Gasteiger partial charge is 0.294 e. The Kier molecular flexibility index (Phi) is 2.49. The van der Waals surface area contributed by atoms with E-state index in [9.17, 15) is 4.79 Å². The second kappa shape index (κ2) is 3.62. The molecule has 1 aliphatic carbocycles. The number of Topliss-reactive ketones (excluding diaryl/α,β-unsaturated/α-hetero) is 1. The highest BCUT2D eigenvalue weighted by Gasteiger charge is 2.22. The number of hydrogen-bond donors (Lipinski definition) is 0. The third-order valence-corrected chi connectivity index (χ3v) is 3.49. The Morgan fingerprint density at radius 3 is 2.85 bits per heavy atom. The van der Waals surface area contributed by atoms with Gasteiger partial charge in [-0.15, -0.1) is 0 Å². The standard InChI is InChI=1S/C11H14OS/c1-8-6-13-7-10(8)11(12)5-4-9-2-3-9/h6-7,9H,2-5H2,1H3. The fourth-order valence-corrected chi connectivity index (χ4v) is 2.38. The molecule has 1 heterocycles. The first kappa shape index (κ1) is 8.95. The van der Waals surface area contributed by atoms with Gasteiger partial charge in [0.05, 0.1) is 0 Å². The molecular weight excluding hydrogens is 180 g/mol. The molecule has 13 heavy (non-hydrogen) atoms. The van der Waals surface area contributed by atoms with Gasteiger partial charge in [-0.25, -0.2) is 0 Å². The minimum atomic E-state index is 0.339. The Balaban J connectivity index is 1.92. The van der Waals surface area contributed by atoms with Crippen molar-refractivity contribution in [3.63, 3.8) is 0 Å². The summed E-state index contributed by atoms with van der Waals surface area (Å²) in [6, 6.07) is 0. The molecule has 2 rings (SSSR count). The van der Waals surface area contributed by atoms with E-state index < -0.39 is 0 Å². The van der Waals surface area contributed by atoms with Crippen LogP contribution in [0.15, 0.2) is 10.8 Å². The monoisotopic (exact) mass is 194 g/mol. The van der Waals surface area contributed by atoms with Crippen molar-refractivity contribution >= 4 is 17.1 Å². The molecule has 0 amide bonds. The molecule has 0 saturated heterocycles. The van der Waals surface area contributed by atoms with Crippen LogP contribution in [-0.2, 0) is 0 Å². The molecule has 2 heteroatoms. The summed E-state index contributed by atoms with van der Waals surface area (Å²) in [5.74, 6) is 1.20. The molecule has 0 N–H and O–H groups in total. The van der Waals surface area contributed by atoms with Crippen molar-refractivity contribution in [2.45, 2.75) is 32.6 Å². The van der Waals surface area contributed by atoms with E-state index in [1.54, 1.807) is 11.3 Å². The van der Waals surface area contributed by atoms with E-state index in [4.69, 9.17) is 0 Å². The van der Waals surface area contributed by atoms with E-state index in [1.807, 2.05) is 17.7 Å². The summed E-state index contributed by atoms with van der Waals surface area (Å²) in [5.41, 5.74) is 2.09. The average molecular weight is 194 g/mol. The van der Waals surface area contributed by atoms with Crippen LogP contribution >= 0.6 is 11.3 Å². The molecule has 1 aliphatic rings. The van der Waals surface area contributed by atoms with Gasteiger partial charge in [0.2, 0.25) is 0 Å². The van der Waals surface area contributed by atoms with Gasteiger partial charge in [0.25, 0.3) is 0 Å². The molecule has 0 aromatic carbocycles. The molecule has 1 nitrogen and oxygen atoms in total. The van der Waals surface area contributed by atoms with E-state index in [0.29, 0.717) is 5.78 Å². The van der Waals surface area contributed by atoms with E-state index >= 15 is 0 Å². The number of thiophene rings is 1. The van der Waals surface area contributed by atoms with Gasteiger partial charge >= 0.3 is 0 Å². The summed E-state index contributed by atoms with van der Waals surface area (Å²) in [6.45, 7) is 2.01. The maximum Gasteiger partial charge on any atom is 0.163 e. The van der Waals surface area contributed by atoms with Crippen LogP contribution in [0.3, 0.4) is 0 Å². The first-order valence-corrected chi connectivity index (χ1v) is 5.77. The van der Waals surface area contributed by atoms with E-state index in [1.165, 1.54) is 12.8 Å². The molecule has 1 aromatic rings. The van der Waals surface area contributed by atoms with Crippen molar-refractivity contribution in [1.82, 2.24) is 0 Å². The Morgan fingerprint density at radius 2 is 2.31 bits per heavy atom. The van der Waals surface area contributed by atoms with Gasteiger partial charge in [0, 0.05) is 17.4 Å². The summed E-state index contributed by atoms with van der Waals surface area (Å²) in [6.07, 6.45) is 4.54. The Bertz CT molecular complexity index is 310. The van der Waals surface area contributed by atoms with Crippen molar-refractivity contribution in [3.8, 4) is 0 Å². The van der Waals surface area contributed by atoms with E-state index in [-0.39, 0.29) is 0 Å². The second-order valence-electron chi connectivity index (χ2n) is 3.87. The number of aryl methyl sites for hydroxylation is 1. The van der Waals surface area contributed by atoms with Crippen molar-refractivity contribution < 1.29 is 4.79 Å². The van der Waals surface area contributed by atoms with Crippen LogP contribution in [0.5, 0.6) is 0 Å². The Morgan fingerprint density at radius 1 is 1.54 bits per heavy atom. The van der Waals surface area contributed by atoms with Crippen molar-refractivity contribution in [1.29, 1.82) is 0 Å². The molecular formula is C11H14OS. The SMILES string of the molecule is Cc1cscc1C(=O)CCC1CC1. The molecule has 70 valence electrons. The van der Waals surface area contributed by atoms with Gasteiger partial charge in [0.1, 0.15) is 0 Å². The van der Waals surface area contributed by atoms with Crippen molar-refractivity contribution in [3.05, 3.63) is 21.9 Å². The molecule has 0 spiro atoms. The Labute approximate surface area is 82.8 Å². The number of rotatable bonds is 4. The Hall–Kier alpha value is -0.630. The van der Waals surface area contributed by atoms with Crippen LogP contribution < -0.4 is 0 Å². The first-order valence-electron chi connectivity index (χ1n) is 4.83. The lowest BCUT2D eigenvalue weighted by molar-refractivity contribution is 0.0978. The molecule has 0 radical (unpaired) electrons. The number of carbonyl (C=O) groups is 1. The highest BCUT2D eigenvalue weighted by molar-refractivity contribution is 7.08. The van der Waals surface area contributed by atoms with Crippen LogP contribution in [0.2, 0.25) is 0 Å². The predicted molar refractivity (Wildman–Crippen MR) is 55.3 cm³/mol. The lowest BCUT2D eigenvalue weighted by Crippen LogP contribution is -1.99. The van der Waals surface area contributed by atoms with Crippen molar-refractivity contribution in [2.75, 3.05) is 0 Å². The normalized spacial score (nSPS) is 16.1. The van der Waals surface area contributed by atoms with Gasteiger partial charge in [-0.1, -0.05) is 12.8 Å². The summed E-state index contributed by atoms with van der Waals surface area (Å²) in [7, 11) is 0. The maximum absolute atomic E-state index is 11.7. The molecule has 0 unspecified atom stereocenters. The molecule has 0 bridgehead atoms. The third kappa shape index (κ3) is 2.19. The van der Waals surface area contributed by atoms with Crippen LogP contribution in [0.25, 0.3) is 0 Å². The first-order chi connectivity index (χ1) is 6.27. The summed E-state index contributed by atoms with van der Waals surface area (Å²) >= 11 is 1.62. The van der Waals surface area contributed by atoms with Gasteiger partial charge in [-0.3, -0.25) is 4.79 Å². The molecule has 1 saturated carbocycles. The minimum absolute atomic E-state index is 0.339. The van der Waals surface area contributed by atoms with Crippen LogP contribution in [0.1, 0.15) is 41.6 Å². The predicted octanol–water partition coefficient (Wildman–Crippen LogP) is 3.43. The highest BCUT2D eigenvalue weighted by atomic mass is 32.1. The van der Waals surface area contributed by atoms with E-state index in [2.05, 4.69) is 0 Å². The third-order valence-electron chi connectivity index (χ3n) is 2.63. The molecule has 0 atom stereocenters. The van der Waals surface area contributed by atoms with Gasteiger partial charge in [-0.05, 0) is 30.2 Å². The summed E-state index contributed by atoms with van der Waals surface area (Å²) < 4.78 is 0. The van der Waals surface area contributed by atoms with Crippen molar-refractivity contribution in [2.24, 2.45) is 5.92 Å². The summed E-state index contributed by atoms with van der Waals surface area (Å²) in [5, 5.41) is 4.02. The molecule has 1 aromatic heterocycles. The zero-order valence-electron chi connectivity index (χ0n) is 7.88. The fraction of sp³-hybridized carbons (Fsp3) is 0.545. The number of ketones is 1. The van der Waals surface area contributed by atoms with E-state index in [0.717, 1.165) is 29.9 Å². The van der Waals surface area contributed by atoms with Crippen LogP contribution in [-0.4, -0.2) is 5.78 Å². The van der Waals surface area contributed by atoms with Gasteiger partial charge in [0.15, 0.2) is 5.78 Å². The quantitative estimate of drug-likeness (QED) is 0.671. The molecule has 1 fully saturated rings. The van der Waals surface area contributed by atoms with Crippen LogP contribution in [0, 0.1) is 12.8 Å². The van der Waals surface area contributed by atoms with Gasteiger partial charge < -0.3 is 0 Å². The molecule has 0 aliphatic heterocycles. The lowest BCUT2D eigenvalue weighted by atomic mass is 10.1. The highest BCUT2D eigenvalue weighted by Crippen LogP contribution is 2.34. The van der Waals surface area contributed by atoms with Crippen LogP contribution in [0.4, 0.5) is 0 Å². The average Bonchev–Trinajstić information content (AvgIpc) is 2.84. The maximum atomic E-state index is 11.7. The summed E-state index contributed by atoms with van der Waals surface area (Å²) in [4.78, 5) is 11.7. The van der Waals surface area contributed by atoms with Gasteiger partial charge in [-0.2, -0.15) is 11.3 Å². The zero-order valence-corrected chi connectivity index (χ0v) is 8.69. The number of hydrogen-bond acceptors (Lipinski definition) is 2. The zero-order chi connectivity index (χ0) is 9.26. The number of carbonyl (C=O) groups excluding carboxylic acids is 1. The topological polar surface area (TPSA) is 17.1 Å². The smallest absolute Gasteiger partial charge is 0.163 e. The minimum Gasteiger partial charge on any atom is -0.294 e. The lowest BCUT2D eigenvalue weighted by Gasteiger charge is -1.98. The second-order valence-corrected chi connectivity index (χ2v) is 4.62. The fourth-order valence-electron chi connectivity index (χ4n) is 1.52.